The molecule has 0 aromatic heterocycles. The molecular formula is C18H31N3O2. The van der Waals surface area contributed by atoms with Crippen molar-refractivity contribution < 1.29 is 9.59 Å². The van der Waals surface area contributed by atoms with Crippen LogP contribution in [0.2, 0.25) is 0 Å². The van der Waals surface area contributed by atoms with Crippen molar-refractivity contribution in [2.75, 3.05) is 26.2 Å². The largest absolute Gasteiger partial charge is 0.336 e. The van der Waals surface area contributed by atoms with Crippen LogP contribution in [0.1, 0.15) is 52.9 Å². The zero-order chi connectivity index (χ0) is 16.6. The van der Waals surface area contributed by atoms with Crippen molar-refractivity contribution in [2.24, 2.45) is 11.3 Å². The van der Waals surface area contributed by atoms with Crippen LogP contribution in [-0.2, 0) is 9.59 Å². The zero-order valence-corrected chi connectivity index (χ0v) is 14.8. The number of piperazine rings is 1. The second kappa shape index (κ2) is 6.42. The number of carbonyl (C=O) groups excluding carboxylic acids is 2. The smallest absolute Gasteiger partial charge is 0.226 e. The van der Waals surface area contributed by atoms with Gasteiger partial charge in [-0.25, -0.2) is 0 Å². The Morgan fingerprint density at radius 2 is 1.61 bits per heavy atom. The first-order valence-corrected chi connectivity index (χ1v) is 9.30. The molecule has 2 aliphatic heterocycles. The number of nitrogens with one attached hydrogen (secondary N) is 1. The highest BCUT2D eigenvalue weighted by molar-refractivity contribution is 5.83. The minimum absolute atomic E-state index is 0.142. The molecule has 3 aliphatic rings. The molecule has 130 valence electrons. The average Bonchev–Trinajstić information content (AvgIpc) is 3.26. The highest BCUT2D eigenvalue weighted by Crippen LogP contribution is 2.59. The number of hydrogen-bond donors (Lipinski definition) is 1. The molecule has 2 heterocycles. The van der Waals surface area contributed by atoms with Gasteiger partial charge < -0.3 is 15.1 Å². The molecular weight excluding hydrogens is 290 g/mol. The predicted molar refractivity (Wildman–Crippen MR) is 89.9 cm³/mol. The van der Waals surface area contributed by atoms with Crippen LogP contribution in [0.5, 0.6) is 0 Å². The Morgan fingerprint density at radius 3 is 2.17 bits per heavy atom. The molecule has 1 saturated carbocycles. The summed E-state index contributed by atoms with van der Waals surface area (Å²) in [5.41, 5.74) is 0.292. The van der Waals surface area contributed by atoms with Crippen molar-refractivity contribution >= 4 is 11.8 Å². The van der Waals surface area contributed by atoms with E-state index in [-0.39, 0.29) is 23.9 Å². The molecule has 0 aromatic carbocycles. The third-order valence-corrected chi connectivity index (χ3v) is 6.41. The van der Waals surface area contributed by atoms with Crippen molar-refractivity contribution in [1.82, 2.24) is 15.1 Å². The standard InChI is InChI=1S/C18H31N3O2/c1-4-14-12-21(15(5-2)11-20(14)13(3)22)17(23)16-10-18(16)6-8-19-9-7-18/h14-16,19H,4-12H2,1-3H3. The van der Waals surface area contributed by atoms with Crippen LogP contribution in [0.3, 0.4) is 0 Å². The van der Waals surface area contributed by atoms with Crippen LogP contribution >= 0.6 is 0 Å². The van der Waals surface area contributed by atoms with E-state index in [1.807, 2.05) is 4.90 Å². The molecule has 5 heteroatoms. The second-order valence-electron chi connectivity index (χ2n) is 7.66. The lowest BCUT2D eigenvalue weighted by atomic mass is 9.91. The summed E-state index contributed by atoms with van der Waals surface area (Å²) >= 11 is 0. The quantitative estimate of drug-likeness (QED) is 0.859. The SMILES string of the molecule is CCC1CN(C(=O)C2CC23CCNCC3)C(CC)CN1C(C)=O. The van der Waals surface area contributed by atoms with E-state index >= 15 is 0 Å². The minimum Gasteiger partial charge on any atom is -0.336 e. The Labute approximate surface area is 139 Å². The topological polar surface area (TPSA) is 52.7 Å². The summed E-state index contributed by atoms with van der Waals surface area (Å²) in [6.45, 7) is 9.42. The number of carbonyl (C=O) groups is 2. The molecule has 3 rings (SSSR count). The molecule has 5 nitrogen and oxygen atoms in total. The maximum atomic E-state index is 13.1. The number of amides is 2. The van der Waals surface area contributed by atoms with E-state index in [1.54, 1.807) is 6.92 Å². The van der Waals surface area contributed by atoms with Crippen molar-refractivity contribution in [3.05, 3.63) is 0 Å². The van der Waals surface area contributed by atoms with E-state index in [1.165, 1.54) is 0 Å². The molecule has 3 atom stereocenters. The summed E-state index contributed by atoms with van der Waals surface area (Å²) < 4.78 is 0. The first-order chi connectivity index (χ1) is 11.0. The van der Waals surface area contributed by atoms with Gasteiger partial charge in [-0.2, -0.15) is 0 Å². The molecule has 3 fully saturated rings. The van der Waals surface area contributed by atoms with Gasteiger partial charge in [0, 0.05) is 38.0 Å². The highest BCUT2D eigenvalue weighted by atomic mass is 16.2. The number of piperidine rings is 1. The van der Waals surface area contributed by atoms with E-state index in [4.69, 9.17) is 0 Å². The molecule has 1 N–H and O–H groups in total. The van der Waals surface area contributed by atoms with E-state index < -0.39 is 0 Å². The third kappa shape index (κ3) is 3.00. The first kappa shape index (κ1) is 16.7. The molecule has 0 aromatic rings. The predicted octanol–water partition coefficient (Wildman–Crippen LogP) is 1.62. The Kier molecular flexibility index (Phi) is 4.68. The fraction of sp³-hybridized carbons (Fsp3) is 0.889. The number of rotatable bonds is 3. The number of nitrogens with zero attached hydrogens (tertiary/aromatic N) is 2. The van der Waals surface area contributed by atoms with Crippen LogP contribution < -0.4 is 5.32 Å². The van der Waals surface area contributed by atoms with Crippen molar-refractivity contribution in [3.8, 4) is 0 Å². The Morgan fingerprint density at radius 1 is 1.04 bits per heavy atom. The van der Waals surface area contributed by atoms with Gasteiger partial charge in [-0.05, 0) is 50.6 Å². The summed E-state index contributed by atoms with van der Waals surface area (Å²) in [4.78, 5) is 29.2. The molecule has 0 radical (unpaired) electrons. The lowest BCUT2D eigenvalue weighted by molar-refractivity contribution is -0.147. The van der Waals surface area contributed by atoms with Crippen LogP contribution in [0, 0.1) is 11.3 Å². The summed E-state index contributed by atoms with van der Waals surface area (Å²) in [6.07, 6.45) is 5.20. The summed E-state index contributed by atoms with van der Waals surface area (Å²) in [5, 5.41) is 3.40. The summed E-state index contributed by atoms with van der Waals surface area (Å²) in [7, 11) is 0. The summed E-state index contributed by atoms with van der Waals surface area (Å²) in [5.74, 6) is 0.740. The fourth-order valence-corrected chi connectivity index (χ4v) is 4.68. The zero-order valence-electron chi connectivity index (χ0n) is 14.8. The van der Waals surface area contributed by atoms with Gasteiger partial charge in [0.15, 0.2) is 0 Å². The monoisotopic (exact) mass is 321 g/mol. The van der Waals surface area contributed by atoms with Crippen molar-refractivity contribution in [2.45, 2.75) is 65.0 Å². The van der Waals surface area contributed by atoms with Crippen LogP contribution in [0.25, 0.3) is 0 Å². The van der Waals surface area contributed by atoms with Gasteiger partial charge in [0.25, 0.3) is 0 Å². The van der Waals surface area contributed by atoms with Gasteiger partial charge in [-0.1, -0.05) is 13.8 Å². The second-order valence-corrected chi connectivity index (χ2v) is 7.66. The molecule has 23 heavy (non-hydrogen) atoms. The lowest BCUT2D eigenvalue weighted by Gasteiger charge is -2.46. The summed E-state index contributed by atoms with van der Waals surface area (Å²) in [6, 6.07) is 0.371. The number of hydrogen-bond acceptors (Lipinski definition) is 3. The Hall–Kier alpha value is -1.10. The van der Waals surface area contributed by atoms with Gasteiger partial charge in [0.1, 0.15) is 0 Å². The van der Waals surface area contributed by atoms with Crippen LogP contribution in [0.15, 0.2) is 0 Å². The van der Waals surface area contributed by atoms with Gasteiger partial charge >= 0.3 is 0 Å². The maximum Gasteiger partial charge on any atom is 0.226 e. The maximum absolute atomic E-state index is 13.1. The fourth-order valence-electron chi connectivity index (χ4n) is 4.68. The van der Waals surface area contributed by atoms with Gasteiger partial charge in [-0.3, -0.25) is 9.59 Å². The third-order valence-electron chi connectivity index (χ3n) is 6.41. The molecule has 3 unspecified atom stereocenters. The average molecular weight is 321 g/mol. The van der Waals surface area contributed by atoms with Crippen LogP contribution in [-0.4, -0.2) is 59.9 Å². The molecule has 2 saturated heterocycles. The lowest BCUT2D eigenvalue weighted by Crippen LogP contribution is -2.61. The molecule has 1 aliphatic carbocycles. The van der Waals surface area contributed by atoms with E-state index in [9.17, 15) is 9.59 Å². The Balaban J connectivity index is 1.71. The van der Waals surface area contributed by atoms with Gasteiger partial charge in [0.2, 0.25) is 11.8 Å². The highest BCUT2D eigenvalue weighted by Gasteiger charge is 2.59. The van der Waals surface area contributed by atoms with E-state index in [2.05, 4.69) is 24.1 Å². The molecule has 1 spiro atoms. The first-order valence-electron chi connectivity index (χ1n) is 9.30. The van der Waals surface area contributed by atoms with Gasteiger partial charge in [0.05, 0.1) is 0 Å². The van der Waals surface area contributed by atoms with Gasteiger partial charge in [-0.15, -0.1) is 0 Å². The molecule has 2 amide bonds. The molecule has 0 bridgehead atoms. The van der Waals surface area contributed by atoms with E-state index in [0.717, 1.165) is 51.7 Å². The van der Waals surface area contributed by atoms with E-state index in [0.29, 0.717) is 17.9 Å². The van der Waals surface area contributed by atoms with Crippen molar-refractivity contribution in [1.29, 1.82) is 0 Å². The Bertz CT molecular complexity index is 473. The normalized spacial score (nSPS) is 32.9. The van der Waals surface area contributed by atoms with Crippen molar-refractivity contribution in [3.63, 3.8) is 0 Å². The minimum atomic E-state index is 0.142. The van der Waals surface area contributed by atoms with Crippen LogP contribution in [0.4, 0.5) is 0 Å².